The number of nitrogens with one attached hydrogen (secondary N) is 1. The van der Waals surface area contributed by atoms with Gasteiger partial charge in [0.25, 0.3) is 5.91 Å². The summed E-state index contributed by atoms with van der Waals surface area (Å²) in [7, 11) is 0. The number of benzene rings is 1. The van der Waals surface area contributed by atoms with E-state index in [1.54, 1.807) is 19.2 Å². The number of nitrogens with two attached hydrogens (primary N) is 3. The quantitative estimate of drug-likeness (QED) is 0.374. The standard InChI is InChI=1S/C21H25FN6O2/c1-11(23)18(27-25)13-8-16-19(26-9-13)15-3-2-14(21(24)29)17(22)20(15)28(16)10-12-4-6-30-7-5-12/h2-3,8-9,12,27H,4-7,10,23,25H2,1H3,(H2,24,29)/b18-11-. The van der Waals surface area contributed by atoms with E-state index in [0.29, 0.717) is 59.1 Å². The number of hydrogen-bond acceptors (Lipinski definition) is 6. The first kappa shape index (κ1) is 20.1. The molecule has 2 aromatic heterocycles. The fourth-order valence-electron chi connectivity index (χ4n) is 4.14. The second-order valence-electron chi connectivity index (χ2n) is 7.65. The maximum absolute atomic E-state index is 15.4. The van der Waals surface area contributed by atoms with E-state index < -0.39 is 11.7 Å². The first-order chi connectivity index (χ1) is 14.4. The summed E-state index contributed by atoms with van der Waals surface area (Å²) in [6.07, 6.45) is 3.40. The number of halogens is 1. The number of fused-ring (bicyclic) bond motifs is 3. The SMILES string of the molecule is C/C(N)=C(/NN)c1cnc2c3ccc(C(N)=O)c(F)c3n(CC3CCOCC3)c2c1. The highest BCUT2D eigenvalue weighted by Crippen LogP contribution is 2.34. The molecule has 1 aromatic carbocycles. The number of carbonyl (C=O) groups is 1. The summed E-state index contributed by atoms with van der Waals surface area (Å²) in [5.41, 5.74) is 17.2. The van der Waals surface area contributed by atoms with Gasteiger partial charge < -0.3 is 26.2 Å². The normalized spacial score (nSPS) is 16.1. The predicted molar refractivity (Wildman–Crippen MR) is 113 cm³/mol. The molecule has 0 unspecified atom stereocenters. The highest BCUT2D eigenvalue weighted by Gasteiger charge is 2.23. The first-order valence-electron chi connectivity index (χ1n) is 9.83. The van der Waals surface area contributed by atoms with Gasteiger partial charge in [-0.1, -0.05) is 0 Å². The summed E-state index contributed by atoms with van der Waals surface area (Å²) >= 11 is 0. The molecule has 9 heteroatoms. The molecule has 1 fully saturated rings. The van der Waals surface area contributed by atoms with E-state index in [2.05, 4.69) is 10.4 Å². The van der Waals surface area contributed by atoms with Gasteiger partial charge in [-0.3, -0.25) is 15.6 Å². The van der Waals surface area contributed by atoms with Gasteiger partial charge in [0.05, 0.1) is 27.8 Å². The van der Waals surface area contributed by atoms with E-state index in [0.717, 1.165) is 18.4 Å². The average molecular weight is 412 g/mol. The molecular formula is C21H25FN6O2. The molecule has 0 saturated carbocycles. The van der Waals surface area contributed by atoms with Crippen molar-refractivity contribution in [3.63, 3.8) is 0 Å². The molecule has 1 aliphatic rings. The van der Waals surface area contributed by atoms with Crippen LogP contribution in [-0.4, -0.2) is 28.7 Å². The predicted octanol–water partition coefficient (Wildman–Crippen LogP) is 1.96. The Bertz CT molecular complexity index is 1160. The molecule has 0 radical (unpaired) electrons. The van der Waals surface area contributed by atoms with Gasteiger partial charge in [0, 0.05) is 42.6 Å². The third-order valence-corrected chi connectivity index (χ3v) is 5.67. The van der Waals surface area contributed by atoms with E-state index >= 15 is 4.39 Å². The molecule has 0 spiro atoms. The average Bonchev–Trinajstić information content (AvgIpc) is 3.03. The van der Waals surface area contributed by atoms with Gasteiger partial charge in [-0.25, -0.2) is 4.39 Å². The molecule has 0 aliphatic carbocycles. The molecule has 1 saturated heterocycles. The van der Waals surface area contributed by atoms with Crippen molar-refractivity contribution in [2.24, 2.45) is 23.2 Å². The second-order valence-corrected chi connectivity index (χ2v) is 7.65. The van der Waals surface area contributed by atoms with Gasteiger partial charge in [0.15, 0.2) is 5.82 Å². The van der Waals surface area contributed by atoms with Crippen LogP contribution in [0.15, 0.2) is 30.1 Å². The van der Waals surface area contributed by atoms with Gasteiger partial charge in [-0.05, 0) is 43.9 Å². The number of hydrogen-bond donors (Lipinski definition) is 4. The van der Waals surface area contributed by atoms with E-state index in [9.17, 15) is 4.79 Å². The van der Waals surface area contributed by atoms with E-state index in [-0.39, 0.29) is 5.56 Å². The molecule has 158 valence electrons. The highest BCUT2D eigenvalue weighted by atomic mass is 19.1. The molecule has 30 heavy (non-hydrogen) atoms. The Labute approximate surface area is 172 Å². The van der Waals surface area contributed by atoms with Crippen molar-refractivity contribution in [3.05, 3.63) is 47.0 Å². The number of allylic oxidation sites excluding steroid dienone is 1. The van der Waals surface area contributed by atoms with Gasteiger partial charge in [0.1, 0.15) is 0 Å². The summed E-state index contributed by atoms with van der Waals surface area (Å²) in [5.74, 6) is 4.52. The molecular weight excluding hydrogens is 387 g/mol. The number of nitrogens with zero attached hydrogens (tertiary/aromatic N) is 2. The van der Waals surface area contributed by atoms with Crippen molar-refractivity contribution in [1.29, 1.82) is 0 Å². The van der Waals surface area contributed by atoms with E-state index in [1.807, 2.05) is 10.6 Å². The Morgan fingerprint density at radius 2 is 2.07 bits per heavy atom. The number of carbonyl (C=O) groups excluding carboxylic acids is 1. The van der Waals surface area contributed by atoms with Gasteiger partial charge >= 0.3 is 0 Å². The minimum atomic E-state index is -0.803. The Balaban J connectivity index is 2.00. The zero-order valence-corrected chi connectivity index (χ0v) is 16.7. The van der Waals surface area contributed by atoms with Crippen LogP contribution in [0.25, 0.3) is 27.6 Å². The van der Waals surface area contributed by atoms with Crippen LogP contribution in [0.5, 0.6) is 0 Å². The van der Waals surface area contributed by atoms with E-state index in [4.69, 9.17) is 22.0 Å². The number of primary amides is 1. The monoisotopic (exact) mass is 412 g/mol. The largest absolute Gasteiger partial charge is 0.401 e. The Morgan fingerprint density at radius 3 is 2.70 bits per heavy atom. The zero-order valence-electron chi connectivity index (χ0n) is 16.7. The lowest BCUT2D eigenvalue weighted by atomic mass is 10.00. The van der Waals surface area contributed by atoms with Crippen molar-refractivity contribution in [1.82, 2.24) is 15.0 Å². The summed E-state index contributed by atoms with van der Waals surface area (Å²) in [4.78, 5) is 16.3. The number of aromatic nitrogens is 2. The summed E-state index contributed by atoms with van der Waals surface area (Å²) < 4.78 is 22.7. The number of rotatable bonds is 5. The van der Waals surface area contributed by atoms with Crippen molar-refractivity contribution < 1.29 is 13.9 Å². The summed E-state index contributed by atoms with van der Waals surface area (Å²) in [6.45, 7) is 3.66. The molecule has 1 aliphatic heterocycles. The van der Waals surface area contributed by atoms with Crippen LogP contribution in [-0.2, 0) is 11.3 Å². The first-order valence-corrected chi connectivity index (χ1v) is 9.83. The Kier molecular flexibility index (Phi) is 5.31. The lowest BCUT2D eigenvalue weighted by Crippen LogP contribution is -2.23. The van der Waals surface area contributed by atoms with Crippen molar-refractivity contribution in [3.8, 4) is 0 Å². The molecule has 3 heterocycles. The second kappa shape index (κ2) is 7.92. The number of ether oxygens (including phenoxy) is 1. The maximum atomic E-state index is 15.4. The molecule has 7 N–H and O–H groups in total. The number of amides is 1. The smallest absolute Gasteiger partial charge is 0.251 e. The minimum absolute atomic E-state index is 0.138. The molecule has 0 bridgehead atoms. The van der Waals surface area contributed by atoms with E-state index in [1.165, 1.54) is 6.07 Å². The Morgan fingerprint density at radius 1 is 1.33 bits per heavy atom. The van der Waals surface area contributed by atoms with Crippen LogP contribution in [0.2, 0.25) is 0 Å². The van der Waals surface area contributed by atoms with Crippen molar-refractivity contribution >= 4 is 33.5 Å². The minimum Gasteiger partial charge on any atom is -0.401 e. The van der Waals surface area contributed by atoms with Crippen LogP contribution < -0.4 is 22.7 Å². The number of hydrazine groups is 1. The topological polar surface area (TPSA) is 134 Å². The summed E-state index contributed by atoms with van der Waals surface area (Å²) in [6, 6.07) is 4.99. The molecule has 1 amide bonds. The third-order valence-electron chi connectivity index (χ3n) is 5.67. The fraction of sp³-hybridized carbons (Fsp3) is 0.333. The van der Waals surface area contributed by atoms with Crippen LogP contribution in [0.3, 0.4) is 0 Å². The lowest BCUT2D eigenvalue weighted by molar-refractivity contribution is 0.0619. The maximum Gasteiger partial charge on any atom is 0.251 e. The molecule has 8 nitrogen and oxygen atoms in total. The molecule has 3 aromatic rings. The zero-order chi connectivity index (χ0) is 21.4. The van der Waals surface area contributed by atoms with Crippen LogP contribution in [0, 0.1) is 11.7 Å². The Hall–Kier alpha value is -3.17. The fourth-order valence-corrected chi connectivity index (χ4v) is 4.14. The van der Waals surface area contributed by atoms with Gasteiger partial charge in [0.2, 0.25) is 0 Å². The highest BCUT2D eigenvalue weighted by molar-refractivity contribution is 6.09. The molecule has 4 rings (SSSR count). The van der Waals surface area contributed by atoms with Crippen LogP contribution in [0.4, 0.5) is 4.39 Å². The summed E-state index contributed by atoms with van der Waals surface area (Å²) in [5, 5.41) is 0.627. The third kappa shape index (κ3) is 3.35. The van der Waals surface area contributed by atoms with Crippen LogP contribution in [0.1, 0.15) is 35.7 Å². The molecule has 0 atom stereocenters. The number of pyridine rings is 1. The lowest BCUT2D eigenvalue weighted by Gasteiger charge is -2.23. The van der Waals surface area contributed by atoms with Gasteiger partial charge in [-0.15, -0.1) is 0 Å². The van der Waals surface area contributed by atoms with Crippen molar-refractivity contribution in [2.75, 3.05) is 13.2 Å². The van der Waals surface area contributed by atoms with Crippen LogP contribution >= 0.6 is 0 Å². The van der Waals surface area contributed by atoms with Gasteiger partial charge in [-0.2, -0.15) is 0 Å². The van der Waals surface area contributed by atoms with Crippen molar-refractivity contribution in [2.45, 2.75) is 26.3 Å².